The smallest absolute Gasteiger partial charge is 0.253 e. The van der Waals surface area contributed by atoms with Gasteiger partial charge in [0.1, 0.15) is 0 Å². The van der Waals surface area contributed by atoms with Crippen LogP contribution in [0.25, 0.3) is 0 Å². The fourth-order valence-electron chi connectivity index (χ4n) is 2.47. The lowest BCUT2D eigenvalue weighted by Gasteiger charge is -2.28. The van der Waals surface area contributed by atoms with Gasteiger partial charge in [0.2, 0.25) is 0 Å². The lowest BCUT2D eigenvalue weighted by Crippen LogP contribution is -2.48. The average Bonchev–Trinajstić information content (AvgIpc) is 2.81. The minimum atomic E-state index is -0.244. The number of hydrogen-bond donors (Lipinski definition) is 1. The van der Waals surface area contributed by atoms with E-state index in [0.717, 1.165) is 31.2 Å². The van der Waals surface area contributed by atoms with Crippen molar-refractivity contribution in [2.45, 2.75) is 38.1 Å². The van der Waals surface area contributed by atoms with Crippen molar-refractivity contribution in [3.05, 3.63) is 34.3 Å². The number of nitrogens with one attached hydrogen (secondary N) is 1. The SMILES string of the molecule is Cc1cccc(C(=O)NC2(CCl)CCCC2)c1Cl. The van der Waals surface area contributed by atoms with E-state index in [-0.39, 0.29) is 11.4 Å². The van der Waals surface area contributed by atoms with Crippen molar-refractivity contribution >= 4 is 29.1 Å². The van der Waals surface area contributed by atoms with Crippen LogP contribution in [0, 0.1) is 6.92 Å². The van der Waals surface area contributed by atoms with E-state index in [0.29, 0.717) is 16.5 Å². The number of carbonyl (C=O) groups excluding carboxylic acids is 1. The molecule has 4 heteroatoms. The predicted octanol–water partition coefficient (Wildman–Crippen LogP) is 3.93. The maximum Gasteiger partial charge on any atom is 0.253 e. The third kappa shape index (κ3) is 2.65. The van der Waals surface area contributed by atoms with Gasteiger partial charge in [-0.3, -0.25) is 4.79 Å². The van der Waals surface area contributed by atoms with Gasteiger partial charge in [-0.2, -0.15) is 0 Å². The van der Waals surface area contributed by atoms with E-state index in [1.165, 1.54) is 0 Å². The molecule has 18 heavy (non-hydrogen) atoms. The standard InChI is InChI=1S/C14H17Cl2NO/c1-10-5-4-6-11(12(10)16)13(18)17-14(9-15)7-2-3-8-14/h4-6H,2-3,7-9H2,1H3,(H,17,18). The molecule has 0 atom stereocenters. The Hall–Kier alpha value is -0.730. The van der Waals surface area contributed by atoms with Crippen LogP contribution in [-0.4, -0.2) is 17.3 Å². The molecule has 98 valence electrons. The van der Waals surface area contributed by atoms with Crippen LogP contribution < -0.4 is 5.32 Å². The molecule has 1 N–H and O–H groups in total. The predicted molar refractivity (Wildman–Crippen MR) is 75.6 cm³/mol. The molecule has 1 aromatic rings. The van der Waals surface area contributed by atoms with E-state index in [1.807, 2.05) is 19.1 Å². The van der Waals surface area contributed by atoms with E-state index in [9.17, 15) is 4.79 Å². The number of alkyl halides is 1. The topological polar surface area (TPSA) is 29.1 Å². The Kier molecular flexibility index (Phi) is 4.18. The Labute approximate surface area is 118 Å². The molecule has 0 aliphatic heterocycles. The lowest BCUT2D eigenvalue weighted by atomic mass is 9.99. The molecule has 1 saturated carbocycles. The summed E-state index contributed by atoms with van der Waals surface area (Å²) in [6, 6.07) is 5.49. The minimum absolute atomic E-state index is 0.119. The zero-order valence-corrected chi connectivity index (χ0v) is 11.9. The van der Waals surface area contributed by atoms with E-state index in [2.05, 4.69) is 5.32 Å². The van der Waals surface area contributed by atoms with Crippen molar-refractivity contribution < 1.29 is 4.79 Å². The number of rotatable bonds is 3. The number of carbonyl (C=O) groups is 1. The molecule has 0 radical (unpaired) electrons. The van der Waals surface area contributed by atoms with E-state index in [1.54, 1.807) is 6.07 Å². The molecule has 0 spiro atoms. The van der Waals surface area contributed by atoms with Crippen LogP contribution in [0.1, 0.15) is 41.6 Å². The van der Waals surface area contributed by atoms with Crippen LogP contribution in [0.4, 0.5) is 0 Å². The molecule has 0 aromatic heterocycles. The maximum atomic E-state index is 12.3. The molecule has 0 bridgehead atoms. The van der Waals surface area contributed by atoms with E-state index in [4.69, 9.17) is 23.2 Å². The van der Waals surface area contributed by atoms with Gasteiger partial charge in [-0.15, -0.1) is 11.6 Å². The summed E-state index contributed by atoms with van der Waals surface area (Å²) >= 11 is 12.2. The summed E-state index contributed by atoms with van der Waals surface area (Å²) in [4.78, 5) is 12.3. The van der Waals surface area contributed by atoms with Crippen LogP contribution >= 0.6 is 23.2 Å². The largest absolute Gasteiger partial charge is 0.345 e. The van der Waals surface area contributed by atoms with Crippen molar-refractivity contribution in [1.82, 2.24) is 5.32 Å². The lowest BCUT2D eigenvalue weighted by molar-refractivity contribution is 0.0909. The number of halogens is 2. The number of amides is 1. The van der Waals surface area contributed by atoms with E-state index < -0.39 is 0 Å². The zero-order valence-electron chi connectivity index (χ0n) is 10.4. The van der Waals surface area contributed by atoms with Gasteiger partial charge >= 0.3 is 0 Å². The van der Waals surface area contributed by atoms with Crippen LogP contribution in [0.5, 0.6) is 0 Å². The summed E-state index contributed by atoms with van der Waals surface area (Å²) in [7, 11) is 0. The van der Waals surface area contributed by atoms with Crippen LogP contribution in [-0.2, 0) is 0 Å². The first-order valence-corrected chi connectivity index (χ1v) is 7.13. The van der Waals surface area contributed by atoms with E-state index >= 15 is 0 Å². The molecule has 1 fully saturated rings. The molecule has 2 nitrogen and oxygen atoms in total. The van der Waals surface area contributed by atoms with Gasteiger partial charge in [-0.25, -0.2) is 0 Å². The third-order valence-corrected chi connectivity index (χ3v) is 4.64. The highest BCUT2D eigenvalue weighted by Crippen LogP contribution is 2.31. The Morgan fingerprint density at radius 2 is 2.06 bits per heavy atom. The third-order valence-electron chi connectivity index (χ3n) is 3.63. The first kappa shape index (κ1) is 13.7. The van der Waals surface area contributed by atoms with Gasteiger partial charge < -0.3 is 5.32 Å². The molecule has 0 saturated heterocycles. The molecule has 1 amide bonds. The monoisotopic (exact) mass is 285 g/mol. The van der Waals surface area contributed by atoms with Crippen LogP contribution in [0.3, 0.4) is 0 Å². The average molecular weight is 286 g/mol. The first-order chi connectivity index (χ1) is 8.58. The molecule has 0 heterocycles. The summed E-state index contributed by atoms with van der Waals surface area (Å²) in [6.45, 7) is 1.89. The molecule has 1 aromatic carbocycles. The molecule has 1 aliphatic rings. The number of hydrogen-bond acceptors (Lipinski definition) is 1. The fraction of sp³-hybridized carbons (Fsp3) is 0.500. The second-order valence-electron chi connectivity index (χ2n) is 5.01. The molecular formula is C14H17Cl2NO. The van der Waals surface area contributed by atoms with Crippen LogP contribution in [0.2, 0.25) is 5.02 Å². The van der Waals surface area contributed by atoms with Gasteiger partial charge in [0.05, 0.1) is 16.1 Å². The van der Waals surface area contributed by atoms with Crippen molar-refractivity contribution in [2.24, 2.45) is 0 Å². The van der Waals surface area contributed by atoms with Gasteiger partial charge in [0.15, 0.2) is 0 Å². The van der Waals surface area contributed by atoms with Crippen LogP contribution in [0.15, 0.2) is 18.2 Å². The Balaban J connectivity index is 2.19. The minimum Gasteiger partial charge on any atom is -0.345 e. The van der Waals surface area contributed by atoms with Gasteiger partial charge in [0, 0.05) is 5.88 Å². The summed E-state index contributed by atoms with van der Waals surface area (Å²) in [5.74, 6) is 0.341. The van der Waals surface area contributed by atoms with Gasteiger partial charge in [-0.1, -0.05) is 36.6 Å². The van der Waals surface area contributed by atoms with Crippen molar-refractivity contribution in [1.29, 1.82) is 0 Å². The summed E-state index contributed by atoms with van der Waals surface area (Å²) < 4.78 is 0. The summed E-state index contributed by atoms with van der Waals surface area (Å²) in [5.41, 5.74) is 1.20. The van der Waals surface area contributed by atoms with Gasteiger partial charge in [0.25, 0.3) is 5.91 Å². The second kappa shape index (κ2) is 5.50. The summed E-state index contributed by atoms with van der Waals surface area (Å²) in [5, 5.41) is 3.60. The molecular weight excluding hydrogens is 269 g/mol. The highest BCUT2D eigenvalue weighted by Gasteiger charge is 2.35. The van der Waals surface area contributed by atoms with Crippen molar-refractivity contribution in [2.75, 3.05) is 5.88 Å². The molecule has 1 aliphatic carbocycles. The number of benzene rings is 1. The second-order valence-corrected chi connectivity index (χ2v) is 5.66. The maximum absolute atomic E-state index is 12.3. The first-order valence-electron chi connectivity index (χ1n) is 6.22. The van der Waals surface area contributed by atoms with Gasteiger partial charge in [-0.05, 0) is 31.4 Å². The highest BCUT2D eigenvalue weighted by atomic mass is 35.5. The Morgan fingerprint density at radius 3 is 2.67 bits per heavy atom. The quantitative estimate of drug-likeness (QED) is 0.838. The zero-order chi connectivity index (χ0) is 13.2. The van der Waals surface area contributed by atoms with Crippen molar-refractivity contribution in [3.8, 4) is 0 Å². The Morgan fingerprint density at radius 1 is 1.39 bits per heavy atom. The molecule has 2 rings (SSSR count). The molecule has 0 unspecified atom stereocenters. The normalized spacial score (nSPS) is 17.7. The Bertz CT molecular complexity index is 453. The fourth-order valence-corrected chi connectivity index (χ4v) is 3.02. The number of aryl methyl sites for hydroxylation is 1. The highest BCUT2D eigenvalue weighted by molar-refractivity contribution is 6.34. The van der Waals surface area contributed by atoms with Crippen molar-refractivity contribution in [3.63, 3.8) is 0 Å². The summed E-state index contributed by atoms with van der Waals surface area (Å²) in [6.07, 6.45) is 4.14.